The van der Waals surface area contributed by atoms with E-state index >= 15 is 0 Å². The van der Waals surface area contributed by atoms with Crippen LogP contribution in [0, 0.1) is 5.82 Å². The molecule has 6 heteroatoms. The number of para-hydroxylation sites is 1. The van der Waals surface area contributed by atoms with Crippen LogP contribution in [-0.4, -0.2) is 27.7 Å². The van der Waals surface area contributed by atoms with Crippen LogP contribution in [0.4, 0.5) is 14.9 Å². The lowest BCUT2D eigenvalue weighted by Crippen LogP contribution is -2.38. The first-order chi connectivity index (χ1) is 12.2. The highest BCUT2D eigenvalue weighted by Gasteiger charge is 2.25. The Morgan fingerprint density at radius 1 is 1.12 bits per heavy atom. The second-order valence-corrected chi connectivity index (χ2v) is 6.00. The van der Waals surface area contributed by atoms with Gasteiger partial charge in [0, 0.05) is 35.5 Å². The number of hydrogen-bond acceptors (Lipinski definition) is 2. The van der Waals surface area contributed by atoms with E-state index in [1.165, 1.54) is 12.1 Å². The van der Waals surface area contributed by atoms with E-state index in [0.717, 1.165) is 28.2 Å². The lowest BCUT2D eigenvalue weighted by molar-refractivity contribution is 0.206. The van der Waals surface area contributed by atoms with Gasteiger partial charge in [0.15, 0.2) is 0 Å². The Hall–Kier alpha value is -3.15. The van der Waals surface area contributed by atoms with Crippen molar-refractivity contribution >= 4 is 11.7 Å². The highest BCUT2D eigenvalue weighted by molar-refractivity contribution is 5.89. The first-order valence-corrected chi connectivity index (χ1v) is 8.14. The highest BCUT2D eigenvalue weighted by atomic mass is 19.1. The van der Waals surface area contributed by atoms with Gasteiger partial charge in [-0.3, -0.25) is 5.10 Å². The van der Waals surface area contributed by atoms with E-state index in [0.29, 0.717) is 19.5 Å². The van der Waals surface area contributed by atoms with E-state index in [1.54, 1.807) is 17.0 Å². The van der Waals surface area contributed by atoms with Crippen molar-refractivity contribution in [3.63, 3.8) is 0 Å². The summed E-state index contributed by atoms with van der Waals surface area (Å²) in [6, 6.07) is 15.5. The lowest BCUT2D eigenvalue weighted by Gasteiger charge is -2.27. The molecule has 2 N–H and O–H groups in total. The number of H-pyrrole nitrogens is 1. The summed E-state index contributed by atoms with van der Waals surface area (Å²) in [5.41, 5.74) is 4.39. The van der Waals surface area contributed by atoms with Crippen LogP contribution in [-0.2, 0) is 13.0 Å². The molecular weight excluding hydrogens is 319 g/mol. The second-order valence-electron chi connectivity index (χ2n) is 6.00. The van der Waals surface area contributed by atoms with Gasteiger partial charge in [-0.1, -0.05) is 18.2 Å². The number of nitrogens with zero attached hydrogens (tertiary/aromatic N) is 2. The molecule has 1 aliphatic rings. The van der Waals surface area contributed by atoms with Crippen molar-refractivity contribution < 1.29 is 9.18 Å². The van der Waals surface area contributed by atoms with Crippen LogP contribution in [0.2, 0.25) is 0 Å². The second kappa shape index (κ2) is 6.39. The van der Waals surface area contributed by atoms with Crippen LogP contribution in [0.3, 0.4) is 0 Å². The van der Waals surface area contributed by atoms with Gasteiger partial charge >= 0.3 is 6.03 Å². The minimum Gasteiger partial charge on any atom is -0.320 e. The molecule has 0 saturated heterocycles. The summed E-state index contributed by atoms with van der Waals surface area (Å²) in [5.74, 6) is -0.281. The monoisotopic (exact) mass is 336 g/mol. The van der Waals surface area contributed by atoms with Crippen LogP contribution in [0.5, 0.6) is 0 Å². The molecule has 5 nitrogen and oxygen atoms in total. The first-order valence-electron chi connectivity index (χ1n) is 8.14. The zero-order valence-corrected chi connectivity index (χ0v) is 13.5. The van der Waals surface area contributed by atoms with E-state index in [-0.39, 0.29) is 11.8 Å². The Bertz CT molecular complexity index is 890. The third-order valence-corrected chi connectivity index (χ3v) is 4.36. The Morgan fingerprint density at radius 2 is 1.88 bits per heavy atom. The number of aromatic nitrogens is 2. The van der Waals surface area contributed by atoms with Gasteiger partial charge in [-0.15, -0.1) is 0 Å². The van der Waals surface area contributed by atoms with Gasteiger partial charge in [0.1, 0.15) is 5.82 Å². The molecule has 1 aromatic heterocycles. The van der Waals surface area contributed by atoms with E-state index < -0.39 is 0 Å². The van der Waals surface area contributed by atoms with Crippen molar-refractivity contribution in [1.82, 2.24) is 15.1 Å². The van der Waals surface area contributed by atoms with E-state index in [1.807, 2.05) is 30.3 Å². The number of benzene rings is 2. The summed E-state index contributed by atoms with van der Waals surface area (Å²) in [6.07, 6.45) is 0.714. The Labute approximate surface area is 144 Å². The van der Waals surface area contributed by atoms with Gasteiger partial charge in [-0.25, -0.2) is 9.18 Å². The minimum atomic E-state index is -0.281. The molecule has 0 radical (unpaired) electrons. The van der Waals surface area contributed by atoms with Gasteiger partial charge in [0.25, 0.3) is 0 Å². The number of rotatable bonds is 2. The fourth-order valence-electron chi connectivity index (χ4n) is 3.04. The zero-order valence-electron chi connectivity index (χ0n) is 13.5. The molecule has 2 heterocycles. The van der Waals surface area contributed by atoms with E-state index in [9.17, 15) is 9.18 Å². The van der Waals surface area contributed by atoms with Crippen molar-refractivity contribution in [3.8, 4) is 11.3 Å². The molecule has 0 fully saturated rings. The lowest BCUT2D eigenvalue weighted by atomic mass is 10.0. The average Bonchev–Trinajstić information content (AvgIpc) is 3.06. The number of anilines is 1. The predicted molar refractivity (Wildman–Crippen MR) is 93.6 cm³/mol. The molecule has 0 bridgehead atoms. The molecule has 0 aliphatic carbocycles. The molecule has 0 atom stereocenters. The highest BCUT2D eigenvalue weighted by Crippen LogP contribution is 2.28. The van der Waals surface area contributed by atoms with Gasteiger partial charge in [-0.2, -0.15) is 5.10 Å². The van der Waals surface area contributed by atoms with Crippen molar-refractivity contribution in [2.75, 3.05) is 11.9 Å². The number of nitrogens with one attached hydrogen (secondary N) is 2. The number of halogens is 1. The maximum Gasteiger partial charge on any atom is 0.322 e. The minimum absolute atomic E-state index is 0.136. The standard InChI is InChI=1S/C19H17FN4O/c20-14-8-6-13(7-9-14)18-16-12-24(11-10-17(16)22-23-18)19(25)21-15-4-2-1-3-5-15/h1-9H,10-12H2,(H,21,25)(H,22,23). The van der Waals surface area contributed by atoms with Crippen molar-refractivity contribution in [2.24, 2.45) is 0 Å². The maximum atomic E-state index is 13.2. The summed E-state index contributed by atoms with van der Waals surface area (Å²) in [6.45, 7) is 1.09. The molecule has 25 heavy (non-hydrogen) atoms. The Kier molecular flexibility index (Phi) is 3.93. The fourth-order valence-corrected chi connectivity index (χ4v) is 3.04. The Morgan fingerprint density at radius 3 is 2.64 bits per heavy atom. The van der Waals surface area contributed by atoms with Crippen LogP contribution >= 0.6 is 0 Å². The van der Waals surface area contributed by atoms with Crippen LogP contribution in [0.1, 0.15) is 11.3 Å². The van der Waals surface area contributed by atoms with Crippen molar-refractivity contribution in [2.45, 2.75) is 13.0 Å². The molecule has 4 rings (SSSR count). The predicted octanol–water partition coefficient (Wildman–Crippen LogP) is 3.81. The first kappa shape index (κ1) is 15.4. The number of carbonyl (C=O) groups is 1. The van der Waals surface area contributed by atoms with Gasteiger partial charge in [0.2, 0.25) is 0 Å². The summed E-state index contributed by atoms with van der Waals surface area (Å²) in [5, 5.41) is 10.3. The molecule has 2 amide bonds. The maximum absolute atomic E-state index is 13.2. The number of urea groups is 1. The van der Waals surface area contributed by atoms with Crippen LogP contribution < -0.4 is 5.32 Å². The van der Waals surface area contributed by atoms with Gasteiger partial charge in [-0.05, 0) is 36.4 Å². The number of carbonyl (C=O) groups excluding carboxylic acids is 1. The SMILES string of the molecule is O=C(Nc1ccccc1)N1CCc2[nH]nc(-c3ccc(F)cc3)c2C1. The van der Waals surface area contributed by atoms with E-state index in [2.05, 4.69) is 15.5 Å². The molecule has 3 aromatic rings. The normalized spacial score (nSPS) is 13.4. The van der Waals surface area contributed by atoms with Gasteiger partial charge in [0.05, 0.1) is 12.2 Å². The summed E-state index contributed by atoms with van der Waals surface area (Å²) < 4.78 is 13.2. The number of aromatic amines is 1. The summed E-state index contributed by atoms with van der Waals surface area (Å²) in [7, 11) is 0. The number of hydrogen-bond donors (Lipinski definition) is 2. The third kappa shape index (κ3) is 3.10. The van der Waals surface area contributed by atoms with E-state index in [4.69, 9.17) is 0 Å². The molecule has 1 aliphatic heterocycles. The van der Waals surface area contributed by atoms with Crippen molar-refractivity contribution in [1.29, 1.82) is 0 Å². The number of fused-ring (bicyclic) bond motifs is 1. The summed E-state index contributed by atoms with van der Waals surface area (Å²) in [4.78, 5) is 14.3. The smallest absolute Gasteiger partial charge is 0.320 e. The quantitative estimate of drug-likeness (QED) is 0.748. The topological polar surface area (TPSA) is 61.0 Å². The third-order valence-electron chi connectivity index (χ3n) is 4.36. The van der Waals surface area contributed by atoms with Crippen molar-refractivity contribution in [3.05, 3.63) is 71.7 Å². The number of amides is 2. The van der Waals surface area contributed by atoms with Crippen LogP contribution in [0.15, 0.2) is 54.6 Å². The largest absolute Gasteiger partial charge is 0.322 e. The zero-order chi connectivity index (χ0) is 17.2. The van der Waals surface area contributed by atoms with Gasteiger partial charge < -0.3 is 10.2 Å². The van der Waals surface area contributed by atoms with Crippen LogP contribution in [0.25, 0.3) is 11.3 Å². The average molecular weight is 336 g/mol. The molecule has 2 aromatic carbocycles. The molecular formula is C19H17FN4O. The molecule has 0 saturated carbocycles. The summed E-state index contributed by atoms with van der Waals surface area (Å²) >= 11 is 0. The Balaban J connectivity index is 1.55. The fraction of sp³-hybridized carbons (Fsp3) is 0.158. The molecule has 0 unspecified atom stereocenters. The molecule has 126 valence electrons. The molecule has 0 spiro atoms.